The summed E-state index contributed by atoms with van der Waals surface area (Å²) >= 11 is 1.68. The number of hydrogen-bond acceptors (Lipinski definition) is 4. The van der Waals surface area contributed by atoms with Crippen molar-refractivity contribution >= 4 is 17.7 Å². The molecule has 1 aliphatic heterocycles. The molecule has 2 heterocycles. The van der Waals surface area contributed by atoms with E-state index in [0.717, 1.165) is 54.5 Å². The Kier molecular flexibility index (Phi) is 6.87. The molecule has 0 atom stereocenters. The number of amides is 1. The minimum Gasteiger partial charge on any atom is -0.349 e. The highest BCUT2D eigenvalue weighted by Gasteiger charge is 2.21. The Morgan fingerprint density at radius 2 is 1.87 bits per heavy atom. The van der Waals surface area contributed by atoms with Gasteiger partial charge in [-0.1, -0.05) is 54.2 Å². The van der Waals surface area contributed by atoms with Crippen LogP contribution in [0.1, 0.15) is 34.3 Å². The topological polar surface area (TPSA) is 50.2 Å². The minimum absolute atomic E-state index is 0.0281. The molecule has 2 aromatic carbocycles. The summed E-state index contributed by atoms with van der Waals surface area (Å²) in [5.74, 6) is 0.824. The lowest BCUT2D eigenvalue weighted by Gasteiger charge is -2.32. The summed E-state index contributed by atoms with van der Waals surface area (Å²) in [6.45, 7) is 3.01. The van der Waals surface area contributed by atoms with E-state index in [1.807, 2.05) is 36.0 Å². The van der Waals surface area contributed by atoms with E-state index in [1.165, 1.54) is 5.56 Å². The van der Waals surface area contributed by atoms with Gasteiger partial charge in [0.25, 0.3) is 5.91 Å². The second kappa shape index (κ2) is 9.96. The predicted octanol–water partition coefficient (Wildman–Crippen LogP) is 4.11. The van der Waals surface area contributed by atoms with Gasteiger partial charge in [0.2, 0.25) is 0 Å². The first-order valence-corrected chi connectivity index (χ1v) is 11.4. The summed E-state index contributed by atoms with van der Waals surface area (Å²) in [5, 5.41) is 4.22. The van der Waals surface area contributed by atoms with Crippen LogP contribution < -0.4 is 5.32 Å². The fourth-order valence-corrected chi connectivity index (χ4v) is 4.66. The smallest absolute Gasteiger partial charge is 0.251 e. The zero-order valence-corrected chi connectivity index (χ0v) is 18.1. The maximum atomic E-state index is 12.8. The molecular formula is C24H28N4OS. The number of nitrogens with one attached hydrogen (secondary N) is 1. The number of carbonyl (C=O) groups excluding carboxylic acids is 1. The quantitative estimate of drug-likeness (QED) is 0.585. The average Bonchev–Trinajstić information content (AvgIpc) is 3.19. The lowest BCUT2D eigenvalue weighted by atomic mass is 10.0. The standard InChI is InChI=1S/C24H28N4OS/c1-27-15-12-25-24(27)30-18-20-8-5-9-21(16-20)23(29)26-22-10-13-28(14-11-22)17-19-6-3-2-4-7-19/h2-9,12,15-16,22H,10-11,13-14,17-18H2,1H3,(H,26,29). The van der Waals surface area contributed by atoms with Crippen LogP contribution in [0.5, 0.6) is 0 Å². The van der Waals surface area contributed by atoms with E-state index in [9.17, 15) is 4.79 Å². The fourth-order valence-electron chi connectivity index (χ4n) is 3.79. The van der Waals surface area contributed by atoms with Gasteiger partial charge in [-0.05, 0) is 36.1 Å². The van der Waals surface area contributed by atoms with Gasteiger partial charge in [0, 0.05) is 56.4 Å². The zero-order valence-electron chi connectivity index (χ0n) is 17.3. The third-order valence-electron chi connectivity index (χ3n) is 5.51. The number of hydrogen-bond donors (Lipinski definition) is 1. The third kappa shape index (κ3) is 5.52. The first-order valence-electron chi connectivity index (χ1n) is 10.4. The van der Waals surface area contributed by atoms with E-state index < -0.39 is 0 Å². The molecule has 1 fully saturated rings. The minimum atomic E-state index is 0.0281. The number of imidazole rings is 1. The van der Waals surface area contributed by atoms with Gasteiger partial charge >= 0.3 is 0 Å². The highest BCUT2D eigenvalue weighted by Crippen LogP contribution is 2.21. The van der Waals surface area contributed by atoms with Crippen LogP contribution in [0.15, 0.2) is 72.1 Å². The van der Waals surface area contributed by atoms with Gasteiger partial charge in [0.05, 0.1) is 0 Å². The Balaban J connectivity index is 1.26. The van der Waals surface area contributed by atoms with Crippen molar-refractivity contribution in [3.8, 4) is 0 Å². The molecule has 1 aliphatic rings. The van der Waals surface area contributed by atoms with Crippen LogP contribution in [0.3, 0.4) is 0 Å². The first-order chi connectivity index (χ1) is 14.7. The number of aryl methyl sites for hydroxylation is 1. The first kappa shape index (κ1) is 20.7. The van der Waals surface area contributed by atoms with Gasteiger partial charge in [-0.25, -0.2) is 4.98 Å². The molecule has 0 saturated carbocycles. The van der Waals surface area contributed by atoms with E-state index in [-0.39, 0.29) is 11.9 Å². The molecule has 156 valence electrons. The number of aromatic nitrogens is 2. The number of benzene rings is 2. The average molecular weight is 421 g/mol. The summed E-state index contributed by atoms with van der Waals surface area (Å²) in [4.78, 5) is 19.6. The summed E-state index contributed by atoms with van der Waals surface area (Å²) in [7, 11) is 1.99. The van der Waals surface area contributed by atoms with Crippen molar-refractivity contribution in [2.75, 3.05) is 13.1 Å². The molecule has 3 aromatic rings. The lowest BCUT2D eigenvalue weighted by Crippen LogP contribution is -2.44. The molecule has 1 N–H and O–H groups in total. The highest BCUT2D eigenvalue weighted by molar-refractivity contribution is 7.98. The van der Waals surface area contributed by atoms with Crippen LogP contribution in [-0.2, 0) is 19.3 Å². The van der Waals surface area contributed by atoms with Crippen molar-refractivity contribution in [1.82, 2.24) is 19.8 Å². The Bertz CT molecular complexity index is 964. The summed E-state index contributed by atoms with van der Waals surface area (Å²) < 4.78 is 2.01. The van der Waals surface area contributed by atoms with Crippen LogP contribution in [0.25, 0.3) is 0 Å². The second-order valence-corrected chi connectivity index (χ2v) is 8.76. The van der Waals surface area contributed by atoms with Crippen molar-refractivity contribution in [2.24, 2.45) is 7.05 Å². The molecule has 1 aromatic heterocycles. The molecule has 0 spiro atoms. The number of piperidine rings is 1. The molecule has 0 bridgehead atoms. The molecule has 0 unspecified atom stereocenters. The highest BCUT2D eigenvalue weighted by atomic mass is 32.2. The Morgan fingerprint density at radius 1 is 1.10 bits per heavy atom. The van der Waals surface area contributed by atoms with Gasteiger partial charge in [0.1, 0.15) is 0 Å². The van der Waals surface area contributed by atoms with Crippen molar-refractivity contribution in [3.05, 3.63) is 83.7 Å². The van der Waals surface area contributed by atoms with E-state index in [1.54, 1.807) is 18.0 Å². The van der Waals surface area contributed by atoms with Gasteiger partial charge in [-0.3, -0.25) is 9.69 Å². The third-order valence-corrected chi connectivity index (χ3v) is 6.64. The summed E-state index contributed by atoms with van der Waals surface area (Å²) in [5.41, 5.74) is 3.22. The van der Waals surface area contributed by atoms with Crippen LogP contribution in [-0.4, -0.2) is 39.5 Å². The van der Waals surface area contributed by atoms with Crippen molar-refractivity contribution in [2.45, 2.75) is 36.3 Å². The maximum Gasteiger partial charge on any atom is 0.251 e. The molecule has 1 amide bonds. The van der Waals surface area contributed by atoms with E-state index >= 15 is 0 Å². The summed E-state index contributed by atoms with van der Waals surface area (Å²) in [6, 6.07) is 18.7. The SMILES string of the molecule is Cn1ccnc1SCc1cccc(C(=O)NC2CCN(Cc3ccccc3)CC2)c1. The molecule has 30 heavy (non-hydrogen) atoms. The van der Waals surface area contributed by atoms with Crippen molar-refractivity contribution in [1.29, 1.82) is 0 Å². The largest absolute Gasteiger partial charge is 0.349 e. The van der Waals surface area contributed by atoms with Crippen molar-refractivity contribution in [3.63, 3.8) is 0 Å². The monoisotopic (exact) mass is 420 g/mol. The van der Waals surface area contributed by atoms with E-state index in [4.69, 9.17) is 0 Å². The van der Waals surface area contributed by atoms with Gasteiger partial charge < -0.3 is 9.88 Å². The van der Waals surface area contributed by atoms with E-state index in [0.29, 0.717) is 0 Å². The summed E-state index contributed by atoms with van der Waals surface area (Å²) in [6.07, 6.45) is 5.73. The number of likely N-dealkylation sites (tertiary alicyclic amines) is 1. The number of nitrogens with zero attached hydrogens (tertiary/aromatic N) is 3. The predicted molar refractivity (Wildman–Crippen MR) is 121 cm³/mol. The molecule has 0 aliphatic carbocycles. The molecular weight excluding hydrogens is 392 g/mol. The maximum absolute atomic E-state index is 12.8. The molecule has 6 heteroatoms. The van der Waals surface area contributed by atoms with E-state index in [2.05, 4.69) is 51.6 Å². The fraction of sp³-hybridized carbons (Fsp3) is 0.333. The molecule has 4 rings (SSSR count). The molecule has 5 nitrogen and oxygen atoms in total. The van der Waals surface area contributed by atoms with Crippen LogP contribution in [0.2, 0.25) is 0 Å². The van der Waals surface area contributed by atoms with Crippen LogP contribution >= 0.6 is 11.8 Å². The Labute approximate surface area is 182 Å². The van der Waals surface area contributed by atoms with Crippen molar-refractivity contribution < 1.29 is 4.79 Å². The van der Waals surface area contributed by atoms with Crippen LogP contribution in [0, 0.1) is 0 Å². The molecule has 1 saturated heterocycles. The second-order valence-electron chi connectivity index (χ2n) is 7.82. The lowest BCUT2D eigenvalue weighted by molar-refractivity contribution is 0.0909. The number of rotatable bonds is 7. The van der Waals surface area contributed by atoms with Gasteiger partial charge in [-0.15, -0.1) is 0 Å². The zero-order chi connectivity index (χ0) is 20.8. The number of carbonyl (C=O) groups is 1. The Hall–Kier alpha value is -2.57. The number of thioether (sulfide) groups is 1. The van der Waals surface area contributed by atoms with Gasteiger partial charge in [0.15, 0.2) is 5.16 Å². The normalized spacial score (nSPS) is 15.2. The molecule has 0 radical (unpaired) electrons. The van der Waals surface area contributed by atoms with Crippen LogP contribution in [0.4, 0.5) is 0 Å². The Morgan fingerprint density at radius 3 is 2.60 bits per heavy atom. The van der Waals surface area contributed by atoms with Gasteiger partial charge in [-0.2, -0.15) is 0 Å².